The molecule has 2 saturated carbocycles. The highest BCUT2D eigenvalue weighted by molar-refractivity contribution is 5.93. The third-order valence-corrected chi connectivity index (χ3v) is 9.52. The van der Waals surface area contributed by atoms with Gasteiger partial charge in [-0.3, -0.25) is 4.79 Å². The van der Waals surface area contributed by atoms with E-state index in [0.29, 0.717) is 31.1 Å². The Morgan fingerprint density at radius 1 is 1.15 bits per heavy atom. The molecule has 0 bridgehead atoms. The van der Waals surface area contributed by atoms with Crippen molar-refractivity contribution in [1.82, 2.24) is 0 Å². The van der Waals surface area contributed by atoms with Crippen LogP contribution in [-0.4, -0.2) is 30.6 Å². The maximum absolute atomic E-state index is 12.2. The lowest BCUT2D eigenvalue weighted by Crippen LogP contribution is -2.51. The molecule has 0 spiro atoms. The number of benzene rings is 1. The number of allylic oxidation sites excluding steroid dienone is 4. The normalized spacial score (nSPS) is 35.3. The predicted octanol–water partition coefficient (Wildman–Crippen LogP) is 5.69. The molecule has 4 aliphatic rings. The summed E-state index contributed by atoms with van der Waals surface area (Å²) >= 11 is 0. The van der Waals surface area contributed by atoms with Gasteiger partial charge >= 0.3 is 0 Å². The van der Waals surface area contributed by atoms with Crippen molar-refractivity contribution in [2.75, 3.05) is 19.0 Å². The molecule has 174 valence electrons. The van der Waals surface area contributed by atoms with Gasteiger partial charge in [0, 0.05) is 44.0 Å². The lowest BCUT2D eigenvalue weighted by Gasteiger charge is -2.55. The van der Waals surface area contributed by atoms with Crippen LogP contribution in [0.2, 0.25) is 0 Å². The van der Waals surface area contributed by atoms with Crippen molar-refractivity contribution in [2.24, 2.45) is 17.3 Å². The van der Waals surface area contributed by atoms with E-state index < -0.39 is 5.60 Å². The van der Waals surface area contributed by atoms with Gasteiger partial charge < -0.3 is 10.0 Å². The van der Waals surface area contributed by atoms with E-state index in [1.54, 1.807) is 5.57 Å². The van der Waals surface area contributed by atoms with Crippen molar-refractivity contribution in [3.05, 3.63) is 52.6 Å². The van der Waals surface area contributed by atoms with Crippen LogP contribution in [-0.2, 0) is 4.79 Å². The van der Waals surface area contributed by atoms with Crippen LogP contribution in [0.1, 0.15) is 76.2 Å². The first-order valence-corrected chi connectivity index (χ1v) is 12.6. The fraction of sp³-hybridized carbons (Fsp3) is 0.586. The van der Waals surface area contributed by atoms with Crippen LogP contribution in [0.5, 0.6) is 0 Å². The van der Waals surface area contributed by atoms with Gasteiger partial charge in [0.25, 0.3) is 0 Å². The van der Waals surface area contributed by atoms with Gasteiger partial charge in [-0.1, -0.05) is 24.6 Å². The molecule has 2 fully saturated rings. The lowest BCUT2D eigenvalue weighted by atomic mass is 9.51. The SMILES string of the molecule is CN(C)c1ccc([C@H]2C[C@@]3(C)[C@@H](CC[C@@]3(O)CCC#N)[C@@H]3CCC4=CC(=O)CCC4=C32)cc1. The Kier molecular flexibility index (Phi) is 5.52. The highest BCUT2D eigenvalue weighted by Gasteiger charge is 2.62. The Morgan fingerprint density at radius 2 is 1.91 bits per heavy atom. The maximum Gasteiger partial charge on any atom is 0.156 e. The molecule has 33 heavy (non-hydrogen) atoms. The Labute approximate surface area is 198 Å². The van der Waals surface area contributed by atoms with E-state index in [1.165, 1.54) is 22.4 Å². The molecule has 0 aliphatic heterocycles. The Bertz CT molecular complexity index is 1060. The largest absolute Gasteiger partial charge is 0.389 e. The van der Waals surface area contributed by atoms with Gasteiger partial charge in [-0.15, -0.1) is 0 Å². The van der Waals surface area contributed by atoms with Crippen LogP contribution >= 0.6 is 0 Å². The molecule has 0 unspecified atom stereocenters. The highest BCUT2D eigenvalue weighted by atomic mass is 16.3. The first-order valence-electron chi connectivity index (χ1n) is 12.6. The summed E-state index contributed by atoms with van der Waals surface area (Å²) in [5, 5.41) is 21.1. The van der Waals surface area contributed by atoms with Crippen molar-refractivity contribution < 1.29 is 9.90 Å². The minimum Gasteiger partial charge on any atom is -0.389 e. The van der Waals surface area contributed by atoms with E-state index in [2.05, 4.69) is 56.3 Å². The zero-order valence-electron chi connectivity index (χ0n) is 20.2. The second kappa shape index (κ2) is 8.13. The van der Waals surface area contributed by atoms with Crippen molar-refractivity contribution in [3.8, 4) is 6.07 Å². The summed E-state index contributed by atoms with van der Waals surface area (Å²) in [6.45, 7) is 2.31. The Balaban J connectivity index is 1.63. The number of anilines is 1. The van der Waals surface area contributed by atoms with Gasteiger partial charge in [-0.25, -0.2) is 0 Å². The minimum absolute atomic E-state index is 0.199. The number of aliphatic hydroxyl groups is 1. The first kappa shape index (κ1) is 22.4. The number of hydrogen-bond donors (Lipinski definition) is 1. The summed E-state index contributed by atoms with van der Waals surface area (Å²) in [4.78, 5) is 14.3. The number of carbonyl (C=O) groups excluding carboxylic acids is 1. The second-order valence-corrected chi connectivity index (χ2v) is 11.2. The Hall–Kier alpha value is -2.38. The molecule has 0 amide bonds. The standard InChI is InChI=1S/C29H36N2O2/c1-28-18-25(19-5-8-21(9-6-19)31(2)3)27-23-12-10-22(32)17-20(23)7-11-24(27)26(28)13-15-29(28,33)14-4-16-30/h5-6,8-9,17,24-26,33H,4,7,10-15,18H2,1-3H3/t24-,25+,26-,28-,29-/m0/s1. The van der Waals surface area contributed by atoms with E-state index in [-0.39, 0.29) is 17.1 Å². The maximum atomic E-state index is 12.2. The van der Waals surface area contributed by atoms with Crippen molar-refractivity contribution in [2.45, 2.75) is 76.2 Å². The smallest absolute Gasteiger partial charge is 0.156 e. The van der Waals surface area contributed by atoms with E-state index in [0.717, 1.165) is 38.5 Å². The summed E-state index contributed by atoms with van der Waals surface area (Å²) in [6.07, 6.45) is 9.17. The molecule has 1 aromatic carbocycles. The van der Waals surface area contributed by atoms with Gasteiger partial charge in [-0.05, 0) is 91.7 Å². The number of nitrogens with zero attached hydrogens (tertiary/aromatic N) is 2. The fourth-order valence-electron chi connectivity index (χ4n) is 7.73. The summed E-state index contributed by atoms with van der Waals surface area (Å²) < 4.78 is 0. The van der Waals surface area contributed by atoms with Gasteiger partial charge in [0.15, 0.2) is 5.78 Å². The number of fused-ring (bicyclic) bond motifs is 4. The molecule has 0 saturated heterocycles. The minimum atomic E-state index is -0.774. The average Bonchev–Trinajstić information content (AvgIpc) is 3.07. The van der Waals surface area contributed by atoms with Crippen LogP contribution in [0.25, 0.3) is 0 Å². The number of hydrogen-bond acceptors (Lipinski definition) is 4. The summed E-state index contributed by atoms with van der Waals surface area (Å²) in [7, 11) is 4.12. The topological polar surface area (TPSA) is 64.3 Å². The molecule has 4 aliphatic carbocycles. The molecule has 5 rings (SSSR count). The van der Waals surface area contributed by atoms with Gasteiger partial charge in [0.05, 0.1) is 11.7 Å². The van der Waals surface area contributed by atoms with E-state index in [1.807, 2.05) is 6.08 Å². The van der Waals surface area contributed by atoms with Crippen molar-refractivity contribution in [3.63, 3.8) is 0 Å². The van der Waals surface area contributed by atoms with Crippen molar-refractivity contribution >= 4 is 11.5 Å². The van der Waals surface area contributed by atoms with Crippen LogP contribution < -0.4 is 4.90 Å². The molecule has 4 nitrogen and oxygen atoms in total. The molecular formula is C29H36N2O2. The molecule has 0 heterocycles. The molecule has 0 aromatic heterocycles. The summed E-state index contributed by atoms with van der Waals surface area (Å²) in [6, 6.07) is 11.2. The predicted molar refractivity (Wildman–Crippen MR) is 131 cm³/mol. The number of ketones is 1. The fourth-order valence-corrected chi connectivity index (χ4v) is 7.73. The highest BCUT2D eigenvalue weighted by Crippen LogP contribution is 2.67. The second-order valence-electron chi connectivity index (χ2n) is 11.2. The van der Waals surface area contributed by atoms with Crippen molar-refractivity contribution in [1.29, 1.82) is 5.26 Å². The quantitative estimate of drug-likeness (QED) is 0.648. The van der Waals surface area contributed by atoms with Gasteiger partial charge in [0.1, 0.15) is 0 Å². The molecule has 5 atom stereocenters. The monoisotopic (exact) mass is 444 g/mol. The van der Waals surface area contributed by atoms with E-state index >= 15 is 0 Å². The zero-order chi connectivity index (χ0) is 23.4. The third kappa shape index (κ3) is 3.48. The summed E-state index contributed by atoms with van der Waals surface area (Å²) in [5.41, 5.74) is 5.81. The van der Waals surface area contributed by atoms with Crippen LogP contribution in [0.3, 0.4) is 0 Å². The molecule has 4 heteroatoms. The van der Waals surface area contributed by atoms with Crippen LogP contribution in [0, 0.1) is 28.6 Å². The van der Waals surface area contributed by atoms with E-state index in [9.17, 15) is 15.2 Å². The Morgan fingerprint density at radius 3 is 2.61 bits per heavy atom. The zero-order valence-corrected chi connectivity index (χ0v) is 20.2. The summed E-state index contributed by atoms with van der Waals surface area (Å²) in [5.74, 6) is 1.43. The van der Waals surface area contributed by atoms with Crippen LogP contribution in [0.4, 0.5) is 5.69 Å². The number of carbonyl (C=O) groups is 1. The third-order valence-electron chi connectivity index (χ3n) is 9.52. The number of nitriles is 1. The van der Waals surface area contributed by atoms with Gasteiger partial charge in [0.2, 0.25) is 0 Å². The van der Waals surface area contributed by atoms with Gasteiger partial charge in [-0.2, -0.15) is 5.26 Å². The molecule has 0 radical (unpaired) electrons. The molecule has 1 N–H and O–H groups in total. The molecule has 1 aromatic rings. The van der Waals surface area contributed by atoms with E-state index in [4.69, 9.17) is 0 Å². The first-order chi connectivity index (χ1) is 15.8. The average molecular weight is 445 g/mol. The lowest BCUT2D eigenvalue weighted by molar-refractivity contribution is -0.114. The number of rotatable bonds is 4. The molecular weight excluding hydrogens is 408 g/mol. The van der Waals surface area contributed by atoms with Crippen LogP contribution in [0.15, 0.2) is 47.1 Å².